The van der Waals surface area contributed by atoms with Gasteiger partial charge in [-0.25, -0.2) is 4.21 Å². The van der Waals surface area contributed by atoms with Crippen LogP contribution in [0.3, 0.4) is 0 Å². The summed E-state index contributed by atoms with van der Waals surface area (Å²) in [5, 5.41) is 0. The fourth-order valence-electron chi connectivity index (χ4n) is 2.98. The van der Waals surface area contributed by atoms with Crippen molar-refractivity contribution in [1.82, 2.24) is 0 Å². The molecule has 0 unspecified atom stereocenters. The van der Waals surface area contributed by atoms with Crippen LogP contribution in [0.4, 0.5) is 0 Å². The van der Waals surface area contributed by atoms with Gasteiger partial charge in [-0.1, -0.05) is 24.3 Å². The minimum atomic E-state index is -1.09. The van der Waals surface area contributed by atoms with E-state index in [1.807, 2.05) is 62.4 Å². The monoisotopic (exact) mass is 340 g/mol. The largest absolute Gasteiger partial charge is 0.497 e. The zero-order valence-corrected chi connectivity index (χ0v) is 15.1. The zero-order chi connectivity index (χ0) is 17.3. The first-order chi connectivity index (χ1) is 11.6. The van der Waals surface area contributed by atoms with E-state index in [1.54, 1.807) is 14.2 Å². The van der Waals surface area contributed by atoms with Gasteiger partial charge in [0.2, 0.25) is 0 Å². The molecule has 24 heavy (non-hydrogen) atoms. The highest BCUT2D eigenvalue weighted by molar-refractivity contribution is 7.93. The molecule has 1 heterocycles. The molecule has 3 nitrogen and oxygen atoms in total. The Kier molecular flexibility index (Phi) is 4.58. The second-order valence-electron chi connectivity index (χ2n) is 5.59. The van der Waals surface area contributed by atoms with Crippen LogP contribution in [0.5, 0.6) is 11.5 Å². The van der Waals surface area contributed by atoms with Gasteiger partial charge in [0.1, 0.15) is 11.5 Å². The Morgan fingerprint density at radius 3 is 1.29 bits per heavy atom. The van der Waals surface area contributed by atoms with Crippen molar-refractivity contribution in [3.8, 4) is 11.5 Å². The number of benzene rings is 2. The van der Waals surface area contributed by atoms with E-state index in [2.05, 4.69) is 0 Å². The second-order valence-corrected chi connectivity index (χ2v) is 7.35. The van der Waals surface area contributed by atoms with Crippen LogP contribution in [-0.2, 0) is 10.8 Å². The van der Waals surface area contributed by atoms with Crippen LogP contribution < -0.4 is 9.47 Å². The topological polar surface area (TPSA) is 35.5 Å². The number of hydrogen-bond donors (Lipinski definition) is 0. The predicted molar refractivity (Wildman–Crippen MR) is 99.3 cm³/mol. The molecule has 1 aliphatic rings. The van der Waals surface area contributed by atoms with Crippen LogP contribution in [0.2, 0.25) is 0 Å². The molecular formula is C20H20O3S. The molecule has 0 bridgehead atoms. The van der Waals surface area contributed by atoms with Crippen LogP contribution in [0, 0.1) is 0 Å². The summed E-state index contributed by atoms with van der Waals surface area (Å²) in [5.41, 5.74) is 4.17. The molecule has 0 aliphatic carbocycles. The molecule has 2 aromatic rings. The molecular weight excluding hydrogens is 320 g/mol. The lowest BCUT2D eigenvalue weighted by molar-refractivity contribution is 0.414. The fraction of sp³-hybridized carbons (Fsp3) is 0.200. The molecule has 0 aromatic heterocycles. The highest BCUT2D eigenvalue weighted by Crippen LogP contribution is 2.44. The fourth-order valence-corrected chi connectivity index (χ4v) is 4.25. The Morgan fingerprint density at radius 2 is 1.00 bits per heavy atom. The summed E-state index contributed by atoms with van der Waals surface area (Å²) in [6.45, 7) is 3.88. The number of ether oxygens (including phenoxy) is 2. The molecule has 0 N–H and O–H groups in total. The van der Waals surface area contributed by atoms with Gasteiger partial charge in [-0.3, -0.25) is 0 Å². The average molecular weight is 340 g/mol. The van der Waals surface area contributed by atoms with E-state index < -0.39 is 10.8 Å². The maximum Gasteiger partial charge on any atom is 0.118 e. The summed E-state index contributed by atoms with van der Waals surface area (Å²) < 4.78 is 23.1. The van der Waals surface area contributed by atoms with Crippen molar-refractivity contribution in [3.63, 3.8) is 0 Å². The van der Waals surface area contributed by atoms with Crippen molar-refractivity contribution in [2.24, 2.45) is 0 Å². The third-order valence-electron chi connectivity index (χ3n) is 4.27. The lowest BCUT2D eigenvalue weighted by Crippen LogP contribution is -1.92. The molecule has 124 valence electrons. The Balaban J connectivity index is 2.12. The molecule has 0 fully saturated rings. The van der Waals surface area contributed by atoms with E-state index in [1.165, 1.54) is 0 Å². The van der Waals surface area contributed by atoms with Crippen LogP contribution in [-0.4, -0.2) is 18.4 Å². The van der Waals surface area contributed by atoms with Crippen molar-refractivity contribution < 1.29 is 13.7 Å². The van der Waals surface area contributed by atoms with E-state index in [-0.39, 0.29) is 0 Å². The maximum atomic E-state index is 12.7. The molecule has 2 aromatic carbocycles. The number of methoxy groups -OCH3 is 2. The first-order valence-corrected chi connectivity index (χ1v) is 8.84. The summed E-state index contributed by atoms with van der Waals surface area (Å²) in [6, 6.07) is 15.8. The van der Waals surface area contributed by atoms with E-state index in [4.69, 9.17) is 9.47 Å². The molecule has 0 saturated heterocycles. The molecule has 4 heteroatoms. The second kappa shape index (κ2) is 6.65. The smallest absolute Gasteiger partial charge is 0.118 e. The van der Waals surface area contributed by atoms with Gasteiger partial charge in [0.25, 0.3) is 0 Å². The van der Waals surface area contributed by atoms with Crippen LogP contribution >= 0.6 is 0 Å². The summed E-state index contributed by atoms with van der Waals surface area (Å²) in [5.74, 6) is 1.62. The first kappa shape index (κ1) is 16.5. The van der Waals surface area contributed by atoms with Crippen LogP contribution in [0.1, 0.15) is 25.0 Å². The summed E-state index contributed by atoms with van der Waals surface area (Å²) >= 11 is 0. The standard InChI is InChI=1S/C20H20O3S/c1-13-19(15-5-9-17(22-3)10-6-15)20(14(2)24(13)21)16-7-11-18(23-4)12-8-16/h5-12H,1-4H3. The highest BCUT2D eigenvalue weighted by atomic mass is 32.2. The van der Waals surface area contributed by atoms with Gasteiger partial charge < -0.3 is 9.47 Å². The summed E-state index contributed by atoms with van der Waals surface area (Å²) in [6.07, 6.45) is 0. The molecule has 0 saturated carbocycles. The third kappa shape index (κ3) is 2.78. The van der Waals surface area contributed by atoms with Gasteiger partial charge >= 0.3 is 0 Å². The quantitative estimate of drug-likeness (QED) is 0.814. The van der Waals surface area contributed by atoms with Gasteiger partial charge in [-0.05, 0) is 49.2 Å². The highest BCUT2D eigenvalue weighted by Gasteiger charge is 2.28. The van der Waals surface area contributed by atoms with E-state index in [0.717, 1.165) is 43.6 Å². The minimum absolute atomic E-state index is 0.808. The number of rotatable bonds is 4. The van der Waals surface area contributed by atoms with Crippen molar-refractivity contribution in [2.45, 2.75) is 13.8 Å². The maximum absolute atomic E-state index is 12.7. The van der Waals surface area contributed by atoms with Crippen molar-refractivity contribution >= 4 is 21.9 Å². The lowest BCUT2D eigenvalue weighted by atomic mass is 9.92. The van der Waals surface area contributed by atoms with Crippen LogP contribution in [0.25, 0.3) is 11.1 Å². The SMILES string of the molecule is COc1ccc(C2=C(C)S(=O)C(C)=C2c2ccc(OC)cc2)cc1. The van der Waals surface area contributed by atoms with E-state index >= 15 is 0 Å². The Hall–Kier alpha value is -2.33. The normalized spacial score (nSPS) is 15.2. The number of hydrogen-bond acceptors (Lipinski definition) is 3. The van der Waals surface area contributed by atoms with E-state index in [0.29, 0.717) is 0 Å². The van der Waals surface area contributed by atoms with Gasteiger partial charge in [0.05, 0.1) is 25.0 Å². The number of allylic oxidation sites excluding steroid dienone is 4. The summed E-state index contributed by atoms with van der Waals surface area (Å²) in [4.78, 5) is 1.78. The molecule has 1 aliphatic heterocycles. The van der Waals surface area contributed by atoms with Crippen molar-refractivity contribution in [2.75, 3.05) is 14.2 Å². The Labute approximate surface area is 145 Å². The van der Waals surface area contributed by atoms with Crippen molar-refractivity contribution in [1.29, 1.82) is 0 Å². The molecule has 0 radical (unpaired) electrons. The zero-order valence-electron chi connectivity index (χ0n) is 14.3. The average Bonchev–Trinajstić information content (AvgIpc) is 2.86. The van der Waals surface area contributed by atoms with Crippen molar-refractivity contribution in [3.05, 3.63) is 69.5 Å². The Morgan fingerprint density at radius 1 is 0.667 bits per heavy atom. The molecule has 0 amide bonds. The van der Waals surface area contributed by atoms with Gasteiger partial charge in [0.15, 0.2) is 0 Å². The minimum Gasteiger partial charge on any atom is -0.497 e. The lowest BCUT2D eigenvalue weighted by Gasteiger charge is -2.12. The Bertz CT molecular complexity index is 772. The van der Waals surface area contributed by atoms with Gasteiger partial charge in [-0.2, -0.15) is 0 Å². The van der Waals surface area contributed by atoms with Gasteiger partial charge in [0, 0.05) is 21.0 Å². The summed E-state index contributed by atoms with van der Waals surface area (Å²) in [7, 11) is 2.21. The molecule has 3 rings (SSSR count). The molecule has 0 spiro atoms. The van der Waals surface area contributed by atoms with Gasteiger partial charge in [-0.15, -0.1) is 0 Å². The first-order valence-electron chi connectivity index (χ1n) is 7.69. The third-order valence-corrected chi connectivity index (χ3v) is 5.79. The predicted octanol–water partition coefficient (Wildman–Crippen LogP) is 4.63. The van der Waals surface area contributed by atoms with E-state index in [9.17, 15) is 4.21 Å². The van der Waals surface area contributed by atoms with Crippen LogP contribution in [0.15, 0.2) is 58.3 Å². The molecule has 0 atom stereocenters.